The van der Waals surface area contributed by atoms with Crippen molar-refractivity contribution in [3.63, 3.8) is 0 Å². The van der Waals surface area contributed by atoms with Crippen LogP contribution in [0, 0.1) is 0 Å². The number of rotatable bonds is 8. The zero-order valence-electron chi connectivity index (χ0n) is 15.2. The summed E-state index contributed by atoms with van der Waals surface area (Å²) in [4.78, 5) is 17.7. The van der Waals surface area contributed by atoms with Crippen LogP contribution in [0.3, 0.4) is 0 Å². The number of hydrogen-bond donors (Lipinski definition) is 2. The highest BCUT2D eigenvalue weighted by Gasteiger charge is 2.25. The topological polar surface area (TPSA) is 94.1 Å². The minimum atomic E-state index is -3.12. The lowest BCUT2D eigenvalue weighted by atomic mass is 10.3. The van der Waals surface area contributed by atoms with E-state index in [1.807, 2.05) is 11.8 Å². The zero-order valence-corrected chi connectivity index (χ0v) is 16.0. The average Bonchev–Trinajstić information content (AvgIpc) is 3.04. The summed E-state index contributed by atoms with van der Waals surface area (Å²) in [6.45, 7) is 6.10. The van der Waals surface area contributed by atoms with Crippen LogP contribution in [0.1, 0.15) is 33.1 Å². The van der Waals surface area contributed by atoms with Gasteiger partial charge in [-0.2, -0.15) is 0 Å². The van der Waals surface area contributed by atoms with Crippen molar-refractivity contribution in [3.8, 4) is 0 Å². The number of hydrogen-bond acceptors (Lipinski definition) is 4. The van der Waals surface area contributed by atoms with Crippen molar-refractivity contribution in [1.29, 1.82) is 0 Å². The molecular formula is C15H31N5O3S. The van der Waals surface area contributed by atoms with Crippen LogP contribution < -0.4 is 10.6 Å². The van der Waals surface area contributed by atoms with Crippen LogP contribution in [0.2, 0.25) is 0 Å². The molecule has 0 aromatic heterocycles. The van der Waals surface area contributed by atoms with Crippen molar-refractivity contribution in [2.75, 3.05) is 46.0 Å². The largest absolute Gasteiger partial charge is 0.356 e. The molecule has 0 aliphatic carbocycles. The summed E-state index contributed by atoms with van der Waals surface area (Å²) in [5.74, 6) is 0.989. The van der Waals surface area contributed by atoms with E-state index >= 15 is 0 Å². The maximum atomic E-state index is 11.7. The van der Waals surface area contributed by atoms with Crippen LogP contribution in [0.4, 0.5) is 0 Å². The normalized spacial score (nSPS) is 19.0. The Kier molecular flexibility index (Phi) is 8.47. The van der Waals surface area contributed by atoms with E-state index in [9.17, 15) is 13.2 Å². The summed E-state index contributed by atoms with van der Waals surface area (Å²) in [5.41, 5.74) is 0. The summed E-state index contributed by atoms with van der Waals surface area (Å²) in [5, 5.41) is 6.51. The van der Waals surface area contributed by atoms with E-state index in [4.69, 9.17) is 0 Å². The Labute approximate surface area is 145 Å². The van der Waals surface area contributed by atoms with E-state index in [0.29, 0.717) is 38.4 Å². The monoisotopic (exact) mass is 361 g/mol. The highest BCUT2D eigenvalue weighted by molar-refractivity contribution is 7.89. The fourth-order valence-electron chi connectivity index (χ4n) is 2.58. The van der Waals surface area contributed by atoms with Crippen LogP contribution in [0.5, 0.6) is 0 Å². The second-order valence-electron chi connectivity index (χ2n) is 5.90. The summed E-state index contributed by atoms with van der Waals surface area (Å²) >= 11 is 0. The Morgan fingerprint density at radius 1 is 1.38 bits per heavy atom. The third-order valence-electron chi connectivity index (χ3n) is 4.19. The number of sulfonamides is 1. The molecule has 140 valence electrons. The molecule has 1 amide bonds. The summed E-state index contributed by atoms with van der Waals surface area (Å²) < 4.78 is 24.7. The standard InChI is InChI=1S/C15H31N5O3S/c1-5-14(21)20-11-8-13(12-20)18-15(16-3)17-9-7-10-19(4)24(22,23)6-2/h13H,5-12H2,1-4H3,(H2,16,17,18). The highest BCUT2D eigenvalue weighted by atomic mass is 32.2. The lowest BCUT2D eigenvalue weighted by Crippen LogP contribution is -2.45. The van der Waals surface area contributed by atoms with Gasteiger partial charge in [0, 0.05) is 52.7 Å². The fourth-order valence-corrected chi connectivity index (χ4v) is 3.43. The van der Waals surface area contributed by atoms with Gasteiger partial charge >= 0.3 is 0 Å². The lowest BCUT2D eigenvalue weighted by Gasteiger charge is -2.19. The number of amides is 1. The Morgan fingerprint density at radius 3 is 2.67 bits per heavy atom. The number of nitrogens with one attached hydrogen (secondary N) is 2. The first kappa shape index (κ1) is 20.7. The molecule has 1 aliphatic rings. The molecule has 0 aromatic carbocycles. The van der Waals surface area contributed by atoms with Crippen molar-refractivity contribution in [2.45, 2.75) is 39.2 Å². The first-order valence-corrected chi connectivity index (χ1v) is 10.1. The molecule has 1 fully saturated rings. The molecule has 1 aliphatic heterocycles. The van der Waals surface area contributed by atoms with Gasteiger partial charge in [-0.3, -0.25) is 9.79 Å². The second-order valence-corrected chi connectivity index (χ2v) is 8.26. The molecule has 2 N–H and O–H groups in total. The van der Waals surface area contributed by atoms with Crippen LogP contribution >= 0.6 is 0 Å². The van der Waals surface area contributed by atoms with E-state index in [0.717, 1.165) is 13.0 Å². The predicted molar refractivity (Wildman–Crippen MR) is 96.5 cm³/mol. The van der Waals surface area contributed by atoms with Crippen LogP contribution in [0.25, 0.3) is 0 Å². The predicted octanol–water partition coefficient (Wildman–Crippen LogP) is -0.166. The maximum absolute atomic E-state index is 11.7. The van der Waals surface area contributed by atoms with Crippen LogP contribution in [-0.2, 0) is 14.8 Å². The molecule has 0 radical (unpaired) electrons. The van der Waals surface area contributed by atoms with Gasteiger partial charge in [0.25, 0.3) is 0 Å². The van der Waals surface area contributed by atoms with E-state index in [2.05, 4.69) is 15.6 Å². The number of carbonyl (C=O) groups excluding carboxylic acids is 1. The summed E-state index contributed by atoms with van der Waals surface area (Å²) in [6.07, 6.45) is 2.14. The second kappa shape index (κ2) is 9.83. The molecule has 0 bridgehead atoms. The van der Waals surface area contributed by atoms with Gasteiger partial charge in [0.1, 0.15) is 0 Å². The molecule has 0 spiro atoms. The maximum Gasteiger partial charge on any atom is 0.222 e. The molecule has 1 saturated heterocycles. The molecule has 1 heterocycles. The van der Waals surface area contributed by atoms with Crippen LogP contribution in [0.15, 0.2) is 4.99 Å². The first-order chi connectivity index (χ1) is 11.3. The molecular weight excluding hydrogens is 330 g/mol. The zero-order chi connectivity index (χ0) is 18.2. The number of aliphatic imine (C=N–C) groups is 1. The molecule has 8 nitrogen and oxygen atoms in total. The van der Waals surface area contributed by atoms with Crippen molar-refractivity contribution >= 4 is 21.9 Å². The molecule has 1 rings (SSSR count). The Bertz CT molecular complexity index is 535. The van der Waals surface area contributed by atoms with E-state index in [-0.39, 0.29) is 17.7 Å². The fraction of sp³-hybridized carbons (Fsp3) is 0.867. The molecule has 0 aromatic rings. The Balaban J connectivity index is 2.31. The van der Waals surface area contributed by atoms with Gasteiger partial charge in [-0.1, -0.05) is 6.92 Å². The van der Waals surface area contributed by atoms with Crippen molar-refractivity contribution in [3.05, 3.63) is 0 Å². The number of guanidine groups is 1. The number of carbonyl (C=O) groups is 1. The number of likely N-dealkylation sites (tertiary alicyclic amines) is 1. The third kappa shape index (κ3) is 6.27. The molecule has 24 heavy (non-hydrogen) atoms. The molecule has 1 atom stereocenters. The van der Waals surface area contributed by atoms with Gasteiger partial charge in [0.15, 0.2) is 5.96 Å². The molecule has 9 heteroatoms. The quantitative estimate of drug-likeness (QED) is 0.356. The smallest absolute Gasteiger partial charge is 0.222 e. The molecule has 0 saturated carbocycles. The Morgan fingerprint density at radius 2 is 2.08 bits per heavy atom. The first-order valence-electron chi connectivity index (χ1n) is 8.53. The number of nitrogens with zero attached hydrogens (tertiary/aromatic N) is 3. The van der Waals surface area contributed by atoms with Crippen molar-refractivity contribution in [2.24, 2.45) is 4.99 Å². The summed E-state index contributed by atoms with van der Waals surface area (Å²) in [6, 6.07) is 0.204. The van der Waals surface area contributed by atoms with E-state index < -0.39 is 10.0 Å². The lowest BCUT2D eigenvalue weighted by molar-refractivity contribution is -0.129. The van der Waals surface area contributed by atoms with Gasteiger partial charge in [-0.05, 0) is 19.8 Å². The summed E-state index contributed by atoms with van der Waals surface area (Å²) in [7, 11) is 0.185. The van der Waals surface area contributed by atoms with Gasteiger partial charge in [-0.15, -0.1) is 0 Å². The van der Waals surface area contributed by atoms with Gasteiger partial charge in [-0.25, -0.2) is 12.7 Å². The highest BCUT2D eigenvalue weighted by Crippen LogP contribution is 2.10. The van der Waals surface area contributed by atoms with Gasteiger partial charge < -0.3 is 15.5 Å². The Hall–Kier alpha value is -1.35. The van der Waals surface area contributed by atoms with E-state index in [1.165, 1.54) is 4.31 Å². The molecule has 1 unspecified atom stereocenters. The van der Waals surface area contributed by atoms with E-state index in [1.54, 1.807) is 21.0 Å². The van der Waals surface area contributed by atoms with Gasteiger partial charge in [0.05, 0.1) is 5.75 Å². The SMILES string of the molecule is CCC(=O)N1CCC(NC(=NC)NCCCN(C)S(=O)(=O)CC)C1. The minimum Gasteiger partial charge on any atom is -0.356 e. The van der Waals surface area contributed by atoms with Crippen molar-refractivity contribution < 1.29 is 13.2 Å². The van der Waals surface area contributed by atoms with Crippen LogP contribution in [-0.4, -0.2) is 81.6 Å². The van der Waals surface area contributed by atoms with Crippen molar-refractivity contribution in [1.82, 2.24) is 19.8 Å². The third-order valence-corrected chi connectivity index (χ3v) is 6.05. The van der Waals surface area contributed by atoms with Gasteiger partial charge in [0.2, 0.25) is 15.9 Å². The minimum absolute atomic E-state index is 0.120. The average molecular weight is 362 g/mol.